The van der Waals surface area contributed by atoms with Crippen LogP contribution < -0.4 is 15.4 Å². The quantitative estimate of drug-likeness (QED) is 0.745. The van der Waals surface area contributed by atoms with Crippen LogP contribution in [0.3, 0.4) is 0 Å². The number of methoxy groups -OCH3 is 2. The Labute approximate surface area is 153 Å². The van der Waals surface area contributed by atoms with Gasteiger partial charge >= 0.3 is 11.8 Å². The topological polar surface area (TPSA) is 76.7 Å². The molecule has 0 aliphatic carbocycles. The van der Waals surface area contributed by atoms with Crippen LogP contribution in [0.4, 0.5) is 0 Å². The predicted octanol–water partition coefficient (Wildman–Crippen LogP) is 2.12. The molecule has 2 aromatic carbocycles. The number of ether oxygens (including phenoxy) is 2. The largest absolute Gasteiger partial charge is 0.496 e. The second kappa shape index (κ2) is 9.58. The third kappa shape index (κ3) is 5.32. The van der Waals surface area contributed by atoms with E-state index < -0.39 is 17.9 Å². The fourth-order valence-electron chi connectivity index (χ4n) is 2.49. The van der Waals surface area contributed by atoms with E-state index in [9.17, 15) is 9.59 Å². The Morgan fingerprint density at radius 2 is 1.62 bits per heavy atom. The van der Waals surface area contributed by atoms with Gasteiger partial charge in [-0.25, -0.2) is 0 Å². The minimum atomic E-state index is -0.700. The molecule has 2 N–H and O–H groups in total. The molecule has 2 amide bonds. The SMILES string of the molecule is COc1ccccc1C(CNC(=O)C(=O)NCc1ccc(C)cc1)OC. The lowest BCUT2D eigenvalue weighted by Crippen LogP contribution is -2.41. The van der Waals surface area contributed by atoms with Crippen molar-refractivity contribution in [3.8, 4) is 5.75 Å². The number of aryl methyl sites for hydroxylation is 1. The molecular weight excluding hydrogens is 332 g/mol. The maximum absolute atomic E-state index is 12.0. The molecule has 0 saturated heterocycles. The first kappa shape index (κ1) is 19.5. The molecule has 1 unspecified atom stereocenters. The summed E-state index contributed by atoms with van der Waals surface area (Å²) in [6.07, 6.45) is -0.417. The van der Waals surface area contributed by atoms with E-state index in [1.807, 2.05) is 55.5 Å². The van der Waals surface area contributed by atoms with E-state index in [1.54, 1.807) is 14.2 Å². The lowest BCUT2D eigenvalue weighted by Gasteiger charge is -2.18. The number of hydrogen-bond donors (Lipinski definition) is 2. The van der Waals surface area contributed by atoms with E-state index >= 15 is 0 Å². The molecule has 0 radical (unpaired) electrons. The molecule has 138 valence electrons. The van der Waals surface area contributed by atoms with Crippen LogP contribution in [0.2, 0.25) is 0 Å². The van der Waals surface area contributed by atoms with Crippen LogP contribution in [0, 0.1) is 6.92 Å². The average molecular weight is 356 g/mol. The normalized spacial score (nSPS) is 11.5. The van der Waals surface area contributed by atoms with Crippen LogP contribution in [0.25, 0.3) is 0 Å². The van der Waals surface area contributed by atoms with E-state index in [4.69, 9.17) is 9.47 Å². The highest BCUT2D eigenvalue weighted by Gasteiger charge is 2.19. The van der Waals surface area contributed by atoms with Gasteiger partial charge in [-0.15, -0.1) is 0 Å². The molecule has 26 heavy (non-hydrogen) atoms. The minimum absolute atomic E-state index is 0.160. The first-order chi connectivity index (χ1) is 12.5. The van der Waals surface area contributed by atoms with Gasteiger partial charge in [-0.1, -0.05) is 48.0 Å². The Balaban J connectivity index is 1.87. The number of benzene rings is 2. The molecule has 0 aliphatic heterocycles. The minimum Gasteiger partial charge on any atom is -0.496 e. The van der Waals surface area contributed by atoms with E-state index in [1.165, 1.54) is 0 Å². The third-order valence-electron chi connectivity index (χ3n) is 4.00. The second-order valence-electron chi connectivity index (χ2n) is 5.84. The van der Waals surface area contributed by atoms with Gasteiger partial charge in [0, 0.05) is 25.8 Å². The first-order valence-corrected chi connectivity index (χ1v) is 8.32. The fraction of sp³-hybridized carbons (Fsp3) is 0.300. The lowest BCUT2D eigenvalue weighted by molar-refractivity contribution is -0.139. The summed E-state index contributed by atoms with van der Waals surface area (Å²) < 4.78 is 10.7. The standard InChI is InChI=1S/C20H24N2O4/c1-14-8-10-15(11-9-14)12-21-19(23)20(24)22-13-18(26-3)16-6-4-5-7-17(16)25-2/h4-11,18H,12-13H2,1-3H3,(H,21,23)(H,22,24). The molecule has 0 aliphatic rings. The van der Waals surface area contributed by atoms with Crippen molar-refractivity contribution in [2.45, 2.75) is 19.6 Å². The van der Waals surface area contributed by atoms with Crippen molar-refractivity contribution >= 4 is 11.8 Å². The highest BCUT2D eigenvalue weighted by molar-refractivity contribution is 6.35. The molecular formula is C20H24N2O4. The van der Waals surface area contributed by atoms with Crippen molar-refractivity contribution in [2.24, 2.45) is 0 Å². The lowest BCUT2D eigenvalue weighted by atomic mass is 10.1. The summed E-state index contributed by atoms with van der Waals surface area (Å²) in [7, 11) is 3.11. The van der Waals surface area contributed by atoms with Crippen LogP contribution in [0.1, 0.15) is 22.8 Å². The maximum atomic E-state index is 12.0. The zero-order valence-corrected chi connectivity index (χ0v) is 15.2. The zero-order valence-electron chi connectivity index (χ0n) is 15.2. The summed E-state index contributed by atoms with van der Waals surface area (Å²) in [5.74, 6) is -0.716. The molecule has 6 nitrogen and oxygen atoms in total. The van der Waals surface area contributed by atoms with Gasteiger partial charge in [-0.2, -0.15) is 0 Å². The van der Waals surface area contributed by atoms with Gasteiger partial charge in [0.1, 0.15) is 11.9 Å². The summed E-state index contributed by atoms with van der Waals surface area (Å²) >= 11 is 0. The van der Waals surface area contributed by atoms with Crippen LogP contribution in [-0.4, -0.2) is 32.6 Å². The van der Waals surface area contributed by atoms with Crippen molar-refractivity contribution in [2.75, 3.05) is 20.8 Å². The van der Waals surface area contributed by atoms with E-state index in [2.05, 4.69) is 10.6 Å². The van der Waals surface area contributed by atoms with Crippen LogP contribution in [0.15, 0.2) is 48.5 Å². The molecule has 0 fully saturated rings. The van der Waals surface area contributed by atoms with Crippen molar-refractivity contribution in [3.05, 3.63) is 65.2 Å². The van der Waals surface area contributed by atoms with Crippen molar-refractivity contribution < 1.29 is 19.1 Å². The third-order valence-corrected chi connectivity index (χ3v) is 4.00. The molecule has 0 saturated carbocycles. The van der Waals surface area contributed by atoms with Gasteiger partial charge in [-0.05, 0) is 18.6 Å². The van der Waals surface area contributed by atoms with Crippen LogP contribution in [-0.2, 0) is 20.9 Å². The van der Waals surface area contributed by atoms with E-state index in [0.717, 1.165) is 16.7 Å². The Kier molecular flexibility index (Phi) is 7.17. The van der Waals surface area contributed by atoms with Gasteiger partial charge in [0.25, 0.3) is 0 Å². The summed E-state index contributed by atoms with van der Waals surface area (Å²) in [6, 6.07) is 15.1. The molecule has 0 aromatic heterocycles. The van der Waals surface area contributed by atoms with Gasteiger partial charge in [-0.3, -0.25) is 9.59 Å². The predicted molar refractivity (Wildman–Crippen MR) is 98.8 cm³/mol. The second-order valence-corrected chi connectivity index (χ2v) is 5.84. The Morgan fingerprint density at radius 1 is 0.962 bits per heavy atom. The number of para-hydroxylation sites is 1. The van der Waals surface area contributed by atoms with Gasteiger partial charge in [0.15, 0.2) is 0 Å². The molecule has 0 spiro atoms. The maximum Gasteiger partial charge on any atom is 0.309 e. The number of hydrogen-bond acceptors (Lipinski definition) is 4. The smallest absolute Gasteiger partial charge is 0.309 e. The molecule has 2 aromatic rings. The van der Waals surface area contributed by atoms with Gasteiger partial charge < -0.3 is 20.1 Å². The summed E-state index contributed by atoms with van der Waals surface area (Å²) in [5.41, 5.74) is 2.87. The number of nitrogens with one attached hydrogen (secondary N) is 2. The summed E-state index contributed by atoms with van der Waals surface area (Å²) in [5, 5.41) is 5.20. The van der Waals surface area contributed by atoms with E-state index in [-0.39, 0.29) is 6.54 Å². The zero-order chi connectivity index (χ0) is 18.9. The summed E-state index contributed by atoms with van der Waals surface area (Å²) in [6.45, 7) is 2.45. The summed E-state index contributed by atoms with van der Waals surface area (Å²) in [4.78, 5) is 24.0. The highest BCUT2D eigenvalue weighted by atomic mass is 16.5. The van der Waals surface area contributed by atoms with Gasteiger partial charge in [0.05, 0.1) is 7.11 Å². The Morgan fingerprint density at radius 3 is 2.27 bits per heavy atom. The van der Waals surface area contributed by atoms with Crippen molar-refractivity contribution in [1.29, 1.82) is 0 Å². The Bertz CT molecular complexity index is 744. The number of carbonyl (C=O) groups excluding carboxylic acids is 2. The van der Waals surface area contributed by atoms with E-state index in [0.29, 0.717) is 12.3 Å². The van der Waals surface area contributed by atoms with Crippen LogP contribution >= 0.6 is 0 Å². The monoisotopic (exact) mass is 356 g/mol. The number of carbonyl (C=O) groups is 2. The van der Waals surface area contributed by atoms with Gasteiger partial charge in [0.2, 0.25) is 0 Å². The molecule has 0 bridgehead atoms. The van der Waals surface area contributed by atoms with Crippen molar-refractivity contribution in [3.63, 3.8) is 0 Å². The number of amides is 2. The average Bonchev–Trinajstić information content (AvgIpc) is 2.67. The van der Waals surface area contributed by atoms with Crippen LogP contribution in [0.5, 0.6) is 5.75 Å². The van der Waals surface area contributed by atoms with Crippen molar-refractivity contribution in [1.82, 2.24) is 10.6 Å². The molecule has 0 heterocycles. The Hall–Kier alpha value is -2.86. The highest BCUT2D eigenvalue weighted by Crippen LogP contribution is 2.26. The molecule has 6 heteroatoms. The number of rotatable bonds is 7. The first-order valence-electron chi connectivity index (χ1n) is 8.32. The molecule has 1 atom stereocenters. The molecule has 2 rings (SSSR count). The fourth-order valence-corrected chi connectivity index (χ4v) is 2.49.